The van der Waals surface area contributed by atoms with E-state index in [0.717, 1.165) is 21.9 Å². The first-order chi connectivity index (χ1) is 11.1. The SMILES string of the molecule is COCOc1cc(SCc2c(C)noc2C)cn(COC)c1=O. The second-order valence-corrected chi connectivity index (χ2v) is 5.92. The second kappa shape index (κ2) is 8.19. The molecule has 0 N–H and O–H groups in total. The van der Waals surface area contributed by atoms with E-state index in [-0.39, 0.29) is 24.8 Å². The largest absolute Gasteiger partial charge is 0.462 e. The lowest BCUT2D eigenvalue weighted by molar-refractivity contribution is 0.0483. The molecule has 0 aliphatic rings. The van der Waals surface area contributed by atoms with Crippen LogP contribution in [0.4, 0.5) is 0 Å². The Hall–Kier alpha value is -1.77. The number of aromatic nitrogens is 2. The summed E-state index contributed by atoms with van der Waals surface area (Å²) in [7, 11) is 3.04. The van der Waals surface area contributed by atoms with Crippen molar-refractivity contribution in [2.24, 2.45) is 0 Å². The molecule has 2 rings (SSSR count). The fourth-order valence-electron chi connectivity index (χ4n) is 1.99. The molecule has 0 aromatic carbocycles. The Morgan fingerprint density at radius 1 is 1.30 bits per heavy atom. The monoisotopic (exact) mass is 340 g/mol. The molecule has 0 fully saturated rings. The molecular formula is C15H20N2O5S. The molecule has 0 aliphatic carbocycles. The molecule has 0 amide bonds. The van der Waals surface area contributed by atoms with E-state index in [1.807, 2.05) is 13.8 Å². The molecule has 0 saturated carbocycles. The van der Waals surface area contributed by atoms with Gasteiger partial charge in [0.05, 0.1) is 5.69 Å². The lowest BCUT2D eigenvalue weighted by atomic mass is 10.2. The van der Waals surface area contributed by atoms with Gasteiger partial charge in [0.15, 0.2) is 12.5 Å². The molecule has 0 spiro atoms. The fraction of sp³-hybridized carbons (Fsp3) is 0.467. The van der Waals surface area contributed by atoms with E-state index in [1.165, 1.54) is 18.8 Å². The van der Waals surface area contributed by atoms with Crippen LogP contribution in [0.5, 0.6) is 5.75 Å². The summed E-state index contributed by atoms with van der Waals surface area (Å²) in [6.45, 7) is 3.96. The summed E-state index contributed by atoms with van der Waals surface area (Å²) >= 11 is 1.57. The summed E-state index contributed by atoms with van der Waals surface area (Å²) in [5.74, 6) is 1.72. The lowest BCUT2D eigenvalue weighted by Crippen LogP contribution is -2.23. The van der Waals surface area contributed by atoms with Crippen LogP contribution in [0.1, 0.15) is 17.0 Å². The number of nitrogens with zero attached hydrogens (tertiary/aromatic N) is 2. The first kappa shape index (κ1) is 17.6. The van der Waals surface area contributed by atoms with Gasteiger partial charge in [-0.1, -0.05) is 5.16 Å². The Morgan fingerprint density at radius 2 is 2.09 bits per heavy atom. The minimum Gasteiger partial charge on any atom is -0.462 e. The molecule has 2 aromatic rings. The van der Waals surface area contributed by atoms with Crippen LogP contribution in [-0.2, 0) is 22.0 Å². The number of methoxy groups -OCH3 is 2. The van der Waals surface area contributed by atoms with Crippen LogP contribution in [0, 0.1) is 13.8 Å². The van der Waals surface area contributed by atoms with Crippen LogP contribution in [0.2, 0.25) is 0 Å². The first-order valence-electron chi connectivity index (χ1n) is 6.96. The molecule has 0 radical (unpaired) electrons. The van der Waals surface area contributed by atoms with Crippen molar-refractivity contribution in [1.29, 1.82) is 0 Å². The standard InChI is InChI=1S/C15H20N2O5S/c1-10-13(11(2)22-16-10)7-23-12-5-14(21-9-20-4)15(18)17(6-12)8-19-3/h5-6H,7-9H2,1-4H3. The molecule has 0 bridgehead atoms. The summed E-state index contributed by atoms with van der Waals surface area (Å²) in [6, 6.07) is 1.70. The minimum absolute atomic E-state index is 0.0141. The van der Waals surface area contributed by atoms with Crippen molar-refractivity contribution in [3.63, 3.8) is 0 Å². The summed E-state index contributed by atoms with van der Waals surface area (Å²) in [5.41, 5.74) is 1.67. The Morgan fingerprint density at radius 3 is 2.70 bits per heavy atom. The molecule has 0 aliphatic heterocycles. The van der Waals surface area contributed by atoms with Gasteiger partial charge in [-0.25, -0.2) is 0 Å². The summed E-state index contributed by atoms with van der Waals surface area (Å²) in [5, 5.41) is 3.94. The fourth-order valence-corrected chi connectivity index (χ4v) is 3.10. The molecule has 8 heteroatoms. The molecule has 0 unspecified atom stereocenters. The van der Waals surface area contributed by atoms with Crippen molar-refractivity contribution >= 4 is 11.8 Å². The topological polar surface area (TPSA) is 75.7 Å². The van der Waals surface area contributed by atoms with E-state index in [0.29, 0.717) is 5.75 Å². The van der Waals surface area contributed by atoms with Gasteiger partial charge in [0.2, 0.25) is 0 Å². The quantitative estimate of drug-likeness (QED) is 0.539. The Kier molecular flexibility index (Phi) is 6.26. The van der Waals surface area contributed by atoms with Crippen LogP contribution in [0.3, 0.4) is 0 Å². The highest BCUT2D eigenvalue weighted by atomic mass is 32.2. The summed E-state index contributed by atoms with van der Waals surface area (Å²) in [4.78, 5) is 13.1. The van der Waals surface area contributed by atoms with Crippen LogP contribution in [-0.4, -0.2) is 30.7 Å². The maximum Gasteiger partial charge on any atom is 0.294 e. The van der Waals surface area contributed by atoms with Gasteiger partial charge in [-0.05, 0) is 13.8 Å². The van der Waals surface area contributed by atoms with E-state index in [2.05, 4.69) is 5.16 Å². The van der Waals surface area contributed by atoms with Crippen LogP contribution >= 0.6 is 11.8 Å². The number of hydrogen-bond acceptors (Lipinski definition) is 7. The molecular weight excluding hydrogens is 320 g/mol. The highest BCUT2D eigenvalue weighted by Gasteiger charge is 2.12. The molecule has 0 atom stereocenters. The van der Waals surface area contributed by atoms with Gasteiger partial charge in [-0.3, -0.25) is 9.36 Å². The highest BCUT2D eigenvalue weighted by molar-refractivity contribution is 7.98. The van der Waals surface area contributed by atoms with E-state index < -0.39 is 0 Å². The lowest BCUT2D eigenvalue weighted by Gasteiger charge is -2.11. The smallest absolute Gasteiger partial charge is 0.294 e. The van der Waals surface area contributed by atoms with Gasteiger partial charge in [0.1, 0.15) is 12.5 Å². The third-order valence-corrected chi connectivity index (χ3v) is 4.18. The van der Waals surface area contributed by atoms with E-state index >= 15 is 0 Å². The third kappa shape index (κ3) is 4.37. The first-order valence-corrected chi connectivity index (χ1v) is 7.95. The number of ether oxygens (including phenoxy) is 3. The van der Waals surface area contributed by atoms with Gasteiger partial charge in [-0.2, -0.15) is 0 Å². The zero-order chi connectivity index (χ0) is 16.8. The Balaban J connectivity index is 2.23. The van der Waals surface area contributed by atoms with Gasteiger partial charge in [0, 0.05) is 42.7 Å². The molecule has 7 nitrogen and oxygen atoms in total. The van der Waals surface area contributed by atoms with Gasteiger partial charge in [0.25, 0.3) is 5.56 Å². The zero-order valence-corrected chi connectivity index (χ0v) is 14.4. The minimum atomic E-state index is -0.259. The van der Waals surface area contributed by atoms with Crippen molar-refractivity contribution in [2.75, 3.05) is 21.0 Å². The maximum atomic E-state index is 12.2. The normalized spacial score (nSPS) is 11.0. The van der Waals surface area contributed by atoms with Crippen LogP contribution in [0.15, 0.2) is 26.5 Å². The van der Waals surface area contributed by atoms with Gasteiger partial charge in [-0.15, -0.1) is 11.8 Å². The van der Waals surface area contributed by atoms with E-state index in [1.54, 1.807) is 24.0 Å². The van der Waals surface area contributed by atoms with Crippen molar-refractivity contribution in [3.05, 3.63) is 39.6 Å². The number of hydrogen-bond donors (Lipinski definition) is 0. The van der Waals surface area contributed by atoms with E-state index in [4.69, 9.17) is 18.7 Å². The molecule has 2 aromatic heterocycles. The number of rotatable bonds is 8. The molecule has 2 heterocycles. The van der Waals surface area contributed by atoms with Crippen LogP contribution < -0.4 is 10.3 Å². The van der Waals surface area contributed by atoms with Gasteiger partial charge >= 0.3 is 0 Å². The molecule has 126 valence electrons. The molecule has 0 saturated heterocycles. The van der Waals surface area contributed by atoms with E-state index in [9.17, 15) is 4.79 Å². The number of pyridine rings is 1. The number of thioether (sulfide) groups is 1. The predicted octanol–water partition coefficient (Wildman–Crippen LogP) is 2.33. The van der Waals surface area contributed by atoms with Crippen molar-refractivity contribution in [3.8, 4) is 5.75 Å². The highest BCUT2D eigenvalue weighted by Crippen LogP contribution is 2.27. The van der Waals surface area contributed by atoms with Gasteiger partial charge < -0.3 is 18.7 Å². The predicted molar refractivity (Wildman–Crippen MR) is 85.8 cm³/mol. The maximum absolute atomic E-state index is 12.2. The Labute approximate surface area is 138 Å². The van der Waals surface area contributed by atoms with Crippen LogP contribution in [0.25, 0.3) is 0 Å². The van der Waals surface area contributed by atoms with Crippen molar-refractivity contribution < 1.29 is 18.7 Å². The average Bonchev–Trinajstić information content (AvgIpc) is 2.85. The summed E-state index contributed by atoms with van der Waals surface area (Å²) in [6.07, 6.45) is 1.74. The zero-order valence-electron chi connectivity index (χ0n) is 13.6. The third-order valence-electron chi connectivity index (χ3n) is 3.19. The second-order valence-electron chi connectivity index (χ2n) is 4.88. The average molecular weight is 340 g/mol. The van der Waals surface area contributed by atoms with Crippen molar-refractivity contribution in [1.82, 2.24) is 9.72 Å². The Bertz CT molecular complexity index is 691. The number of aryl methyl sites for hydroxylation is 2. The molecule has 23 heavy (non-hydrogen) atoms. The summed E-state index contributed by atoms with van der Waals surface area (Å²) < 4.78 is 21.9. The van der Waals surface area contributed by atoms with Crippen molar-refractivity contribution in [2.45, 2.75) is 31.2 Å².